The molecule has 0 N–H and O–H groups in total. The van der Waals surface area contributed by atoms with Crippen molar-refractivity contribution in [2.45, 2.75) is 25.9 Å². The van der Waals surface area contributed by atoms with Crippen LogP contribution in [0.4, 0.5) is 10.1 Å². The Morgan fingerprint density at radius 2 is 1.76 bits per heavy atom. The van der Waals surface area contributed by atoms with E-state index in [0.717, 1.165) is 11.0 Å². The Hall–Kier alpha value is -4.73. The van der Waals surface area contributed by atoms with Crippen LogP contribution in [0.25, 0.3) is 0 Å². The minimum absolute atomic E-state index is 0.0669. The number of nitrogens with zero attached hydrogens (tertiary/aromatic N) is 2. The van der Waals surface area contributed by atoms with Crippen molar-refractivity contribution >= 4 is 29.4 Å². The van der Waals surface area contributed by atoms with Gasteiger partial charge in [-0.15, -0.1) is 0 Å². The number of benzene rings is 3. The van der Waals surface area contributed by atoms with Crippen LogP contribution in [-0.4, -0.2) is 41.4 Å². The summed E-state index contributed by atoms with van der Waals surface area (Å²) in [6.45, 7) is 1.25. The third-order valence-electron chi connectivity index (χ3n) is 6.01. The molecular weight excluding hydrogens is 483 g/mol. The van der Waals surface area contributed by atoms with Gasteiger partial charge in [-0.25, -0.2) is 9.29 Å². The molecule has 1 unspecified atom stereocenters. The molecule has 2 aliphatic heterocycles. The molecular formula is C27H21FN2O7. The van der Waals surface area contributed by atoms with Crippen molar-refractivity contribution in [2.75, 3.05) is 11.7 Å². The number of fused-ring (bicyclic) bond motifs is 1. The Bertz CT molecular complexity index is 1410. The van der Waals surface area contributed by atoms with Crippen LogP contribution in [-0.2, 0) is 20.9 Å². The highest BCUT2D eigenvalue weighted by Gasteiger charge is 2.45. The van der Waals surface area contributed by atoms with E-state index in [1.54, 1.807) is 18.2 Å². The molecule has 1 fully saturated rings. The summed E-state index contributed by atoms with van der Waals surface area (Å²) < 4.78 is 30.3. The van der Waals surface area contributed by atoms with Crippen LogP contribution in [0.1, 0.15) is 29.3 Å². The lowest BCUT2D eigenvalue weighted by molar-refractivity contribution is -0.132. The van der Waals surface area contributed by atoms with Crippen molar-refractivity contribution in [2.24, 2.45) is 0 Å². The van der Waals surface area contributed by atoms with Crippen molar-refractivity contribution in [1.82, 2.24) is 4.90 Å². The Balaban J connectivity index is 1.46. The number of amides is 3. The van der Waals surface area contributed by atoms with Gasteiger partial charge < -0.3 is 19.1 Å². The molecule has 3 amide bonds. The Labute approximate surface area is 210 Å². The zero-order valence-corrected chi connectivity index (χ0v) is 19.7. The molecule has 0 saturated carbocycles. The lowest BCUT2D eigenvalue weighted by Crippen LogP contribution is -2.45. The second kappa shape index (κ2) is 9.73. The van der Waals surface area contributed by atoms with E-state index in [9.17, 15) is 23.6 Å². The molecule has 5 rings (SSSR count). The fourth-order valence-corrected chi connectivity index (χ4v) is 4.31. The molecule has 0 bridgehead atoms. The quantitative estimate of drug-likeness (QED) is 0.288. The average Bonchev–Trinajstić information content (AvgIpc) is 3.46. The monoisotopic (exact) mass is 504 g/mol. The number of hydrogen-bond donors (Lipinski definition) is 0. The molecule has 37 heavy (non-hydrogen) atoms. The van der Waals surface area contributed by atoms with E-state index in [0.29, 0.717) is 17.1 Å². The predicted molar refractivity (Wildman–Crippen MR) is 127 cm³/mol. The van der Waals surface area contributed by atoms with Gasteiger partial charge in [-0.3, -0.25) is 19.2 Å². The second-order valence-corrected chi connectivity index (χ2v) is 8.48. The molecule has 3 aromatic rings. The summed E-state index contributed by atoms with van der Waals surface area (Å²) in [5.74, 6) is -1.84. The molecule has 0 radical (unpaired) electrons. The number of carbonyl (C=O) groups excluding carboxylic acids is 4. The fourth-order valence-electron chi connectivity index (χ4n) is 4.31. The lowest BCUT2D eigenvalue weighted by atomic mass is 10.1. The number of hydrogen-bond acceptors (Lipinski definition) is 7. The second-order valence-electron chi connectivity index (χ2n) is 8.48. The normalized spacial score (nSPS) is 16.2. The zero-order chi connectivity index (χ0) is 26.1. The first-order valence-corrected chi connectivity index (χ1v) is 11.4. The largest absolute Gasteiger partial charge is 0.454 e. The summed E-state index contributed by atoms with van der Waals surface area (Å²) in [5, 5.41) is 0. The van der Waals surface area contributed by atoms with E-state index in [1.807, 2.05) is 0 Å². The summed E-state index contributed by atoms with van der Waals surface area (Å²) in [4.78, 5) is 53.4. The van der Waals surface area contributed by atoms with E-state index >= 15 is 0 Å². The first-order valence-electron chi connectivity index (χ1n) is 11.4. The van der Waals surface area contributed by atoms with Crippen molar-refractivity contribution < 1.29 is 37.8 Å². The third kappa shape index (κ3) is 4.73. The SMILES string of the molecule is CC(=O)Oc1ccc(N2C(=O)CC(N(Cc3ccc4c(c3)OCO4)C(=O)c3ccccc3F)C2=O)cc1. The maximum Gasteiger partial charge on any atom is 0.308 e. The Morgan fingerprint density at radius 1 is 1.03 bits per heavy atom. The Morgan fingerprint density at radius 3 is 2.49 bits per heavy atom. The molecule has 2 aliphatic rings. The highest BCUT2D eigenvalue weighted by atomic mass is 19.1. The number of anilines is 1. The molecule has 2 heterocycles. The molecule has 1 saturated heterocycles. The number of halogens is 1. The first kappa shape index (κ1) is 24.0. The van der Waals surface area contributed by atoms with E-state index in [1.165, 1.54) is 54.3 Å². The van der Waals surface area contributed by atoms with Crippen LogP contribution >= 0.6 is 0 Å². The molecule has 10 heteroatoms. The zero-order valence-electron chi connectivity index (χ0n) is 19.7. The number of esters is 1. The van der Waals surface area contributed by atoms with Crippen molar-refractivity contribution in [3.8, 4) is 17.2 Å². The fraction of sp³-hybridized carbons (Fsp3) is 0.185. The number of ether oxygens (including phenoxy) is 3. The topological polar surface area (TPSA) is 102 Å². The predicted octanol–water partition coefficient (Wildman–Crippen LogP) is 3.45. The van der Waals surface area contributed by atoms with E-state index < -0.39 is 35.5 Å². The van der Waals surface area contributed by atoms with Crippen LogP contribution in [0.2, 0.25) is 0 Å². The molecule has 0 aliphatic carbocycles. The van der Waals surface area contributed by atoms with Gasteiger partial charge in [-0.1, -0.05) is 18.2 Å². The van der Waals surface area contributed by atoms with E-state index in [2.05, 4.69) is 0 Å². The molecule has 1 atom stereocenters. The lowest BCUT2D eigenvalue weighted by Gasteiger charge is -2.28. The molecule has 188 valence electrons. The Kier molecular flexibility index (Phi) is 6.31. The van der Waals surface area contributed by atoms with Crippen LogP contribution in [0.3, 0.4) is 0 Å². The van der Waals surface area contributed by atoms with Crippen molar-refractivity contribution in [3.63, 3.8) is 0 Å². The van der Waals surface area contributed by atoms with Gasteiger partial charge >= 0.3 is 5.97 Å². The van der Waals surface area contributed by atoms with Gasteiger partial charge in [0, 0.05) is 13.5 Å². The smallest absolute Gasteiger partial charge is 0.308 e. The van der Waals surface area contributed by atoms with Crippen LogP contribution < -0.4 is 19.1 Å². The summed E-state index contributed by atoms with van der Waals surface area (Å²) >= 11 is 0. The summed E-state index contributed by atoms with van der Waals surface area (Å²) in [7, 11) is 0. The molecule has 0 spiro atoms. The van der Waals surface area contributed by atoms with Gasteiger partial charge in [0.1, 0.15) is 17.6 Å². The van der Waals surface area contributed by atoms with Gasteiger partial charge in [0.25, 0.3) is 11.8 Å². The minimum Gasteiger partial charge on any atom is -0.454 e. The van der Waals surface area contributed by atoms with Gasteiger partial charge in [0.05, 0.1) is 17.7 Å². The standard InChI is InChI=1S/C27H21FN2O7/c1-16(31)37-19-9-7-18(8-10-19)30-25(32)13-22(27(30)34)29(26(33)20-4-2-3-5-21(20)28)14-17-6-11-23-24(12-17)36-15-35-23/h2-12,22H,13-15H2,1H3. The summed E-state index contributed by atoms with van der Waals surface area (Å²) in [5.41, 5.74) is 0.654. The van der Waals surface area contributed by atoms with Crippen LogP contribution in [0.5, 0.6) is 17.2 Å². The number of rotatable bonds is 6. The van der Waals surface area contributed by atoms with Gasteiger partial charge in [-0.2, -0.15) is 0 Å². The van der Waals surface area contributed by atoms with Gasteiger partial charge in [-0.05, 0) is 54.1 Å². The molecule has 0 aromatic heterocycles. The first-order chi connectivity index (χ1) is 17.8. The van der Waals surface area contributed by atoms with Gasteiger partial charge in [0.2, 0.25) is 12.7 Å². The number of imide groups is 1. The van der Waals surface area contributed by atoms with E-state index in [4.69, 9.17) is 14.2 Å². The van der Waals surface area contributed by atoms with Crippen LogP contribution in [0.15, 0.2) is 66.7 Å². The van der Waals surface area contributed by atoms with Crippen molar-refractivity contribution in [3.05, 3.63) is 83.7 Å². The maximum atomic E-state index is 14.6. The number of carbonyl (C=O) groups is 4. The van der Waals surface area contributed by atoms with E-state index in [-0.39, 0.29) is 36.8 Å². The highest BCUT2D eigenvalue weighted by molar-refractivity contribution is 6.23. The highest BCUT2D eigenvalue weighted by Crippen LogP contribution is 2.34. The minimum atomic E-state index is -1.17. The third-order valence-corrected chi connectivity index (χ3v) is 6.01. The maximum absolute atomic E-state index is 14.6. The summed E-state index contributed by atoms with van der Waals surface area (Å²) in [6, 6.07) is 15.2. The van der Waals surface area contributed by atoms with Crippen LogP contribution in [0, 0.1) is 5.82 Å². The van der Waals surface area contributed by atoms with Crippen molar-refractivity contribution in [1.29, 1.82) is 0 Å². The molecule has 9 nitrogen and oxygen atoms in total. The molecule has 3 aromatic carbocycles. The summed E-state index contributed by atoms with van der Waals surface area (Å²) in [6.07, 6.45) is -0.282. The van der Waals surface area contributed by atoms with Gasteiger partial charge in [0.15, 0.2) is 11.5 Å². The average molecular weight is 504 g/mol.